The number of amides is 2. The van der Waals surface area contributed by atoms with E-state index in [-0.39, 0.29) is 37.2 Å². The largest absolute Gasteiger partial charge is 0.452 e. The molecule has 14 heteroatoms. The number of nitrogens with zero attached hydrogens (tertiary/aromatic N) is 3. The van der Waals surface area contributed by atoms with Gasteiger partial charge >= 0.3 is 0 Å². The Balaban J connectivity index is 0.000000169. The van der Waals surface area contributed by atoms with Crippen LogP contribution >= 0.6 is 0 Å². The monoisotopic (exact) mass is 861 g/mol. The molecule has 61 heavy (non-hydrogen) atoms. The van der Waals surface area contributed by atoms with Crippen molar-refractivity contribution in [3.63, 3.8) is 0 Å². The summed E-state index contributed by atoms with van der Waals surface area (Å²) in [5.41, 5.74) is 2.72. The van der Waals surface area contributed by atoms with E-state index in [0.29, 0.717) is 48.4 Å². The maximum Gasteiger partial charge on any atom is 0.289 e. The van der Waals surface area contributed by atoms with Crippen LogP contribution in [0.25, 0.3) is 0 Å². The van der Waals surface area contributed by atoms with Gasteiger partial charge in [0.1, 0.15) is 11.5 Å². The van der Waals surface area contributed by atoms with E-state index in [0.717, 1.165) is 109 Å². The first-order valence-electron chi connectivity index (χ1n) is 22.6. The Morgan fingerprint density at radius 2 is 1.03 bits per heavy atom. The number of carbonyl (C=O) groups excluding carboxylic acids is 2. The van der Waals surface area contributed by atoms with E-state index in [1.54, 1.807) is 0 Å². The fourth-order valence-electron chi connectivity index (χ4n) is 9.11. The van der Waals surface area contributed by atoms with Gasteiger partial charge in [0.15, 0.2) is 11.5 Å². The van der Waals surface area contributed by atoms with Gasteiger partial charge < -0.3 is 33.5 Å². The normalized spacial score (nSPS) is 26.1. The number of hydrogen-bond acceptors (Lipinski definition) is 11. The molecule has 9 rings (SSSR count). The smallest absolute Gasteiger partial charge is 0.289 e. The van der Waals surface area contributed by atoms with Crippen molar-refractivity contribution in [3.05, 3.63) is 83.3 Å². The molecule has 2 aromatic carbocycles. The summed E-state index contributed by atoms with van der Waals surface area (Å²) >= 11 is 0. The van der Waals surface area contributed by atoms with Crippen LogP contribution in [-0.4, -0.2) is 131 Å². The molecule has 1 saturated heterocycles. The van der Waals surface area contributed by atoms with Gasteiger partial charge in [-0.25, -0.2) is 0 Å². The molecule has 0 bridgehead atoms. The summed E-state index contributed by atoms with van der Waals surface area (Å²) in [4.78, 5) is 32.0. The summed E-state index contributed by atoms with van der Waals surface area (Å²) in [5, 5.41) is 0. The van der Waals surface area contributed by atoms with Crippen LogP contribution in [0.2, 0.25) is 0 Å². The van der Waals surface area contributed by atoms with Crippen molar-refractivity contribution in [1.82, 2.24) is 14.7 Å². The lowest BCUT2D eigenvalue weighted by Crippen LogP contribution is -2.42. The van der Waals surface area contributed by atoms with Crippen molar-refractivity contribution in [2.75, 3.05) is 72.0 Å². The van der Waals surface area contributed by atoms with Crippen LogP contribution in [0.3, 0.4) is 0 Å². The Morgan fingerprint density at radius 1 is 0.590 bits per heavy atom. The first-order valence-corrected chi connectivity index (χ1v) is 24.4. The van der Waals surface area contributed by atoms with Crippen LogP contribution in [0.1, 0.15) is 100 Å². The second-order valence-electron chi connectivity index (χ2n) is 17.5. The second-order valence-corrected chi connectivity index (χ2v) is 19.2. The summed E-state index contributed by atoms with van der Waals surface area (Å²) in [6.45, 7) is 6.98. The standard InChI is InChI=1S/C25H34N2O4.C22H29NO6S/c28-25-24(31-23-7-3-20(4-8-23)19-1-2-19)11-12-27(25)21-5-9-22(10-6-21)30-18-15-26-13-16-29-17-14-26;1-30(25,26)28-15-14-27-19-10-6-18(7-11-19)23-13-12-21(22(23)24)29-20-8-4-17(5-9-20)16-2-3-16/h3-4,7-8,11,19,21-22H,1-2,5-6,9-10,12-18H2;4-5,8-9,12,16,18-19H,2-3,6-7,10-11,13-15H2,1H3. The molecule has 0 atom stereocenters. The van der Waals surface area contributed by atoms with Crippen molar-refractivity contribution in [3.8, 4) is 11.5 Å². The third-order valence-corrected chi connectivity index (χ3v) is 13.6. The van der Waals surface area contributed by atoms with Crippen LogP contribution < -0.4 is 9.47 Å². The molecular formula is C47H63N3O10S. The highest BCUT2D eigenvalue weighted by atomic mass is 32.2. The van der Waals surface area contributed by atoms with Crippen LogP contribution in [0, 0.1) is 0 Å². The molecule has 2 amide bonds. The van der Waals surface area contributed by atoms with Crippen molar-refractivity contribution in [2.24, 2.45) is 0 Å². The average Bonchev–Trinajstić information content (AvgIpc) is 4.22. The number of rotatable bonds is 17. The third kappa shape index (κ3) is 12.7. The van der Waals surface area contributed by atoms with E-state index in [9.17, 15) is 18.0 Å². The second kappa shape index (κ2) is 20.6. The molecule has 5 fully saturated rings. The first kappa shape index (κ1) is 43.8. The molecule has 3 aliphatic heterocycles. The molecule has 332 valence electrons. The summed E-state index contributed by atoms with van der Waals surface area (Å²) < 4.78 is 55.6. The number of ether oxygens (including phenoxy) is 5. The SMILES string of the molecule is CS(=O)(=O)OCCOC1CCC(N2CC=C(Oc3ccc(C4CC4)cc3)C2=O)CC1.O=C1C(Oc2ccc(C3CC3)cc2)=CCN1C1CCC(OCCN2CCOCC2)CC1. The maximum atomic E-state index is 12.9. The predicted octanol–water partition coefficient (Wildman–Crippen LogP) is 6.30. The van der Waals surface area contributed by atoms with Crippen molar-refractivity contribution >= 4 is 21.9 Å². The minimum absolute atomic E-state index is 0.0305. The van der Waals surface area contributed by atoms with E-state index in [1.807, 2.05) is 46.2 Å². The quantitative estimate of drug-likeness (QED) is 0.131. The van der Waals surface area contributed by atoms with Gasteiger partial charge in [-0.3, -0.25) is 18.7 Å². The van der Waals surface area contributed by atoms with E-state index >= 15 is 0 Å². The molecular weight excluding hydrogens is 799 g/mol. The highest BCUT2D eigenvalue weighted by Crippen LogP contribution is 2.41. The molecule has 0 aromatic heterocycles. The van der Waals surface area contributed by atoms with Crippen LogP contribution in [0.4, 0.5) is 0 Å². The van der Waals surface area contributed by atoms with Gasteiger partial charge in [-0.05, 0) is 136 Å². The van der Waals surface area contributed by atoms with Gasteiger partial charge in [-0.2, -0.15) is 8.42 Å². The van der Waals surface area contributed by atoms with E-state index in [4.69, 9.17) is 27.9 Å². The zero-order valence-corrected chi connectivity index (χ0v) is 36.4. The molecule has 0 spiro atoms. The molecule has 4 saturated carbocycles. The van der Waals surface area contributed by atoms with Gasteiger partial charge in [0.05, 0.1) is 51.5 Å². The molecule has 13 nitrogen and oxygen atoms in total. The lowest BCUT2D eigenvalue weighted by molar-refractivity contribution is -0.131. The highest BCUT2D eigenvalue weighted by molar-refractivity contribution is 7.85. The van der Waals surface area contributed by atoms with Crippen LogP contribution in [0.15, 0.2) is 72.2 Å². The minimum Gasteiger partial charge on any atom is -0.452 e. The Hall–Kier alpha value is -3.79. The molecule has 2 aromatic rings. The van der Waals surface area contributed by atoms with Gasteiger partial charge in [-0.15, -0.1) is 0 Å². The zero-order chi connectivity index (χ0) is 42.2. The van der Waals surface area contributed by atoms with Crippen LogP contribution in [-0.2, 0) is 38.1 Å². The maximum absolute atomic E-state index is 12.9. The lowest BCUT2D eigenvalue weighted by atomic mass is 9.92. The van der Waals surface area contributed by atoms with E-state index in [2.05, 4.69) is 29.2 Å². The summed E-state index contributed by atoms with van der Waals surface area (Å²) in [6, 6.07) is 16.8. The third-order valence-electron chi connectivity index (χ3n) is 13.0. The minimum atomic E-state index is -3.43. The Kier molecular flexibility index (Phi) is 14.8. The summed E-state index contributed by atoms with van der Waals surface area (Å²) in [7, 11) is -3.43. The van der Waals surface area contributed by atoms with Gasteiger partial charge in [0, 0.05) is 44.8 Å². The molecule has 3 heterocycles. The van der Waals surface area contributed by atoms with Gasteiger partial charge in [0.2, 0.25) is 0 Å². The Bertz CT molecular complexity index is 1940. The zero-order valence-electron chi connectivity index (χ0n) is 35.6. The predicted molar refractivity (Wildman–Crippen MR) is 230 cm³/mol. The molecule has 0 N–H and O–H groups in total. The highest BCUT2D eigenvalue weighted by Gasteiger charge is 2.36. The van der Waals surface area contributed by atoms with Crippen molar-refractivity contribution in [1.29, 1.82) is 0 Å². The average molecular weight is 862 g/mol. The number of morpholine rings is 1. The van der Waals surface area contributed by atoms with E-state index < -0.39 is 10.1 Å². The number of hydrogen-bond donors (Lipinski definition) is 0. The molecule has 0 radical (unpaired) electrons. The van der Waals surface area contributed by atoms with Crippen molar-refractivity contribution < 1.29 is 45.9 Å². The van der Waals surface area contributed by atoms with Crippen molar-refractivity contribution in [2.45, 2.75) is 113 Å². The Morgan fingerprint density at radius 3 is 1.46 bits per heavy atom. The molecule has 7 aliphatic rings. The summed E-state index contributed by atoms with van der Waals surface area (Å²) in [6.07, 6.45) is 17.8. The Labute approximate surface area is 361 Å². The van der Waals surface area contributed by atoms with Crippen LogP contribution in [0.5, 0.6) is 11.5 Å². The van der Waals surface area contributed by atoms with Gasteiger partial charge in [-0.1, -0.05) is 24.3 Å². The summed E-state index contributed by atoms with van der Waals surface area (Å²) in [5.74, 6) is 3.75. The lowest BCUT2D eigenvalue weighted by Gasteiger charge is -2.35. The topological polar surface area (TPSA) is 133 Å². The molecule has 4 aliphatic carbocycles. The number of benzene rings is 2. The van der Waals surface area contributed by atoms with E-state index in [1.165, 1.54) is 36.8 Å². The fourth-order valence-corrected chi connectivity index (χ4v) is 9.48. The number of carbonyl (C=O) groups is 2. The fraction of sp³-hybridized carbons (Fsp3) is 0.617. The van der Waals surface area contributed by atoms with Gasteiger partial charge in [0.25, 0.3) is 21.9 Å². The first-order chi connectivity index (χ1) is 29.6. The molecule has 0 unspecified atom stereocenters.